The van der Waals surface area contributed by atoms with E-state index in [4.69, 9.17) is 4.74 Å². The summed E-state index contributed by atoms with van der Waals surface area (Å²) >= 11 is 0. The lowest BCUT2D eigenvalue weighted by Crippen LogP contribution is -1.95. The summed E-state index contributed by atoms with van der Waals surface area (Å²) in [4.78, 5) is 0. The molecular weight excluding hydrogens is 278 g/mol. The second-order valence-corrected chi connectivity index (χ2v) is 4.90. The minimum Gasteiger partial charge on any atom is -0.487 e. The Morgan fingerprint density at radius 2 is 2.00 bits per heavy atom. The van der Waals surface area contributed by atoms with Crippen LogP contribution in [0.15, 0.2) is 60.9 Å². The highest BCUT2D eigenvalue weighted by atomic mass is 16.5. The standard InChI is InChI=1S/C16H13N5O/c1-2-4-15(5-3-1)22-11-13-10-21(20-18-13)14-6-7-16-12(8-14)9-17-19-16/h1-10H,11H2,(H,17,19). The van der Waals surface area contributed by atoms with Gasteiger partial charge < -0.3 is 4.74 Å². The molecule has 0 aliphatic carbocycles. The van der Waals surface area contributed by atoms with E-state index in [2.05, 4.69) is 20.5 Å². The largest absolute Gasteiger partial charge is 0.487 e. The number of nitrogens with zero attached hydrogens (tertiary/aromatic N) is 4. The molecule has 0 saturated carbocycles. The number of ether oxygens (including phenoxy) is 1. The molecule has 6 heteroatoms. The lowest BCUT2D eigenvalue weighted by atomic mass is 10.2. The highest BCUT2D eigenvalue weighted by Gasteiger charge is 2.05. The number of nitrogens with one attached hydrogen (secondary N) is 1. The minimum absolute atomic E-state index is 0.387. The van der Waals surface area contributed by atoms with Gasteiger partial charge in [-0.25, -0.2) is 4.68 Å². The first-order valence-corrected chi connectivity index (χ1v) is 6.91. The molecule has 108 valence electrons. The van der Waals surface area contributed by atoms with Crippen molar-refractivity contribution in [3.05, 3.63) is 66.6 Å². The van der Waals surface area contributed by atoms with Gasteiger partial charge in [0.1, 0.15) is 18.1 Å². The molecule has 0 radical (unpaired) electrons. The van der Waals surface area contributed by atoms with E-state index in [0.29, 0.717) is 6.61 Å². The van der Waals surface area contributed by atoms with Crippen LogP contribution < -0.4 is 4.74 Å². The van der Waals surface area contributed by atoms with Gasteiger partial charge in [-0.05, 0) is 30.3 Å². The van der Waals surface area contributed by atoms with Gasteiger partial charge in [-0.15, -0.1) is 5.10 Å². The molecule has 0 bridgehead atoms. The molecule has 0 aliphatic rings. The van der Waals surface area contributed by atoms with Crippen molar-refractivity contribution in [3.8, 4) is 11.4 Å². The highest BCUT2D eigenvalue weighted by Crippen LogP contribution is 2.16. The summed E-state index contributed by atoms with van der Waals surface area (Å²) in [6, 6.07) is 15.6. The van der Waals surface area contributed by atoms with E-state index >= 15 is 0 Å². The summed E-state index contributed by atoms with van der Waals surface area (Å²) in [6.07, 6.45) is 3.65. The third-order valence-electron chi connectivity index (χ3n) is 3.36. The Bertz CT molecular complexity index is 897. The van der Waals surface area contributed by atoms with Gasteiger partial charge in [-0.1, -0.05) is 23.4 Å². The van der Waals surface area contributed by atoms with Gasteiger partial charge in [0.15, 0.2) is 0 Å². The van der Waals surface area contributed by atoms with Crippen LogP contribution in [-0.2, 0) is 6.61 Å². The molecule has 6 nitrogen and oxygen atoms in total. The fourth-order valence-corrected chi connectivity index (χ4v) is 2.24. The summed E-state index contributed by atoms with van der Waals surface area (Å²) in [5.41, 5.74) is 2.71. The van der Waals surface area contributed by atoms with Crippen LogP contribution in [0.3, 0.4) is 0 Å². The Hall–Kier alpha value is -3.15. The van der Waals surface area contributed by atoms with Gasteiger partial charge in [0, 0.05) is 5.39 Å². The third kappa shape index (κ3) is 2.42. The van der Waals surface area contributed by atoms with Crippen molar-refractivity contribution >= 4 is 10.9 Å². The number of hydrogen-bond donors (Lipinski definition) is 1. The van der Waals surface area contributed by atoms with Crippen LogP contribution in [0.5, 0.6) is 5.75 Å². The minimum atomic E-state index is 0.387. The Morgan fingerprint density at radius 3 is 2.91 bits per heavy atom. The first-order chi connectivity index (χ1) is 10.9. The van der Waals surface area contributed by atoms with Crippen LogP contribution in [-0.4, -0.2) is 25.2 Å². The number of hydrogen-bond acceptors (Lipinski definition) is 4. The molecule has 0 aliphatic heterocycles. The zero-order chi connectivity index (χ0) is 14.8. The summed E-state index contributed by atoms with van der Waals surface area (Å²) in [7, 11) is 0. The van der Waals surface area contributed by atoms with E-state index in [1.807, 2.05) is 54.7 Å². The molecule has 2 aromatic heterocycles. The Morgan fingerprint density at radius 1 is 1.09 bits per heavy atom. The Labute approximate surface area is 126 Å². The first-order valence-electron chi connectivity index (χ1n) is 6.91. The fourth-order valence-electron chi connectivity index (χ4n) is 2.24. The molecule has 22 heavy (non-hydrogen) atoms. The lowest BCUT2D eigenvalue weighted by molar-refractivity contribution is 0.301. The maximum Gasteiger partial charge on any atom is 0.134 e. The number of benzene rings is 2. The van der Waals surface area contributed by atoms with E-state index in [9.17, 15) is 0 Å². The average Bonchev–Trinajstić information content (AvgIpc) is 3.22. The van der Waals surface area contributed by atoms with Gasteiger partial charge >= 0.3 is 0 Å². The van der Waals surface area contributed by atoms with Crippen molar-refractivity contribution in [2.24, 2.45) is 0 Å². The maximum atomic E-state index is 5.67. The highest BCUT2D eigenvalue weighted by molar-refractivity contribution is 5.80. The summed E-state index contributed by atoms with van der Waals surface area (Å²) in [5, 5.41) is 16.3. The van der Waals surface area contributed by atoms with Gasteiger partial charge in [-0.3, -0.25) is 5.10 Å². The number of para-hydroxylation sites is 1. The molecular formula is C16H13N5O. The predicted octanol–water partition coefficient (Wildman–Crippen LogP) is 2.72. The molecule has 2 heterocycles. The van der Waals surface area contributed by atoms with Crippen LogP contribution >= 0.6 is 0 Å². The normalized spacial score (nSPS) is 10.9. The molecule has 4 rings (SSSR count). The number of H-pyrrole nitrogens is 1. The second kappa shape index (κ2) is 5.33. The quantitative estimate of drug-likeness (QED) is 0.627. The Kier molecular flexibility index (Phi) is 3.05. The molecule has 2 aromatic carbocycles. The van der Waals surface area contributed by atoms with E-state index in [-0.39, 0.29) is 0 Å². The SMILES string of the molecule is c1ccc(OCc2cn(-c3ccc4[nH]ncc4c3)nn2)cc1. The van der Waals surface area contributed by atoms with Gasteiger partial charge in [0.2, 0.25) is 0 Å². The second-order valence-electron chi connectivity index (χ2n) is 4.90. The molecule has 4 aromatic rings. The van der Waals surface area contributed by atoms with Crippen LogP contribution in [0.4, 0.5) is 0 Å². The van der Waals surface area contributed by atoms with Crippen molar-refractivity contribution in [3.63, 3.8) is 0 Å². The molecule has 0 unspecified atom stereocenters. The molecule has 0 amide bonds. The molecule has 1 N–H and O–H groups in total. The molecule has 0 atom stereocenters. The van der Waals surface area contributed by atoms with E-state index in [1.165, 1.54) is 0 Å². The van der Waals surface area contributed by atoms with E-state index < -0.39 is 0 Å². The number of rotatable bonds is 4. The first kappa shape index (κ1) is 12.6. The summed E-state index contributed by atoms with van der Waals surface area (Å²) in [5.74, 6) is 0.817. The van der Waals surface area contributed by atoms with Gasteiger partial charge in [0.05, 0.1) is 23.6 Å². The summed E-state index contributed by atoms with van der Waals surface area (Å²) < 4.78 is 7.40. The van der Waals surface area contributed by atoms with E-state index in [1.54, 1.807) is 10.9 Å². The maximum absolute atomic E-state index is 5.67. The predicted molar refractivity (Wildman–Crippen MR) is 81.8 cm³/mol. The van der Waals surface area contributed by atoms with Crippen LogP contribution in [0, 0.1) is 0 Å². The number of aromatic amines is 1. The molecule has 0 spiro atoms. The van der Waals surface area contributed by atoms with Crippen molar-refractivity contribution in [1.29, 1.82) is 0 Å². The smallest absolute Gasteiger partial charge is 0.134 e. The third-order valence-corrected chi connectivity index (χ3v) is 3.36. The number of fused-ring (bicyclic) bond motifs is 1. The summed E-state index contributed by atoms with van der Waals surface area (Å²) in [6.45, 7) is 0.387. The average molecular weight is 291 g/mol. The Balaban J connectivity index is 1.53. The lowest BCUT2D eigenvalue weighted by Gasteiger charge is -2.02. The van der Waals surface area contributed by atoms with Crippen molar-refractivity contribution in [2.45, 2.75) is 6.61 Å². The number of aromatic nitrogens is 5. The van der Waals surface area contributed by atoms with E-state index in [0.717, 1.165) is 28.0 Å². The monoisotopic (exact) mass is 291 g/mol. The van der Waals surface area contributed by atoms with Gasteiger partial charge in [-0.2, -0.15) is 5.10 Å². The van der Waals surface area contributed by atoms with Gasteiger partial charge in [0.25, 0.3) is 0 Å². The molecule has 0 fully saturated rings. The van der Waals surface area contributed by atoms with Crippen molar-refractivity contribution < 1.29 is 4.74 Å². The van der Waals surface area contributed by atoms with Crippen LogP contribution in [0.1, 0.15) is 5.69 Å². The van der Waals surface area contributed by atoms with Crippen molar-refractivity contribution in [1.82, 2.24) is 25.2 Å². The van der Waals surface area contributed by atoms with Crippen LogP contribution in [0.2, 0.25) is 0 Å². The topological polar surface area (TPSA) is 68.6 Å². The van der Waals surface area contributed by atoms with Crippen LogP contribution in [0.25, 0.3) is 16.6 Å². The molecule has 0 saturated heterocycles. The zero-order valence-corrected chi connectivity index (χ0v) is 11.7. The van der Waals surface area contributed by atoms with Crippen molar-refractivity contribution in [2.75, 3.05) is 0 Å². The zero-order valence-electron chi connectivity index (χ0n) is 11.7. The fraction of sp³-hybridized carbons (Fsp3) is 0.0625.